The Kier molecular flexibility index (Phi) is 7.35. The third kappa shape index (κ3) is 4.97. The smallest absolute Gasteiger partial charge is 0.339 e. The quantitative estimate of drug-likeness (QED) is 0.752. The Morgan fingerprint density at radius 2 is 1.95 bits per heavy atom. The number of carbonyl (C=O) groups excluding carboxylic acids is 1. The maximum absolute atomic E-state index is 12.0. The largest absolute Gasteiger partial charge is 1.00 e. The van der Waals surface area contributed by atoms with Crippen molar-refractivity contribution in [1.82, 2.24) is 4.90 Å². The number of esters is 1. The zero-order valence-corrected chi connectivity index (χ0v) is 13.2. The van der Waals surface area contributed by atoms with Crippen LogP contribution in [0.25, 0.3) is 0 Å². The van der Waals surface area contributed by atoms with E-state index in [4.69, 9.17) is 16.3 Å². The molecule has 1 fully saturated rings. The summed E-state index contributed by atoms with van der Waals surface area (Å²) in [5, 5.41) is 0.442. The van der Waals surface area contributed by atoms with Crippen LogP contribution in [0.3, 0.4) is 0 Å². The highest BCUT2D eigenvalue weighted by Crippen LogP contribution is 2.17. The molecule has 1 heterocycles. The molecule has 112 valence electrons. The van der Waals surface area contributed by atoms with Crippen molar-refractivity contribution in [2.75, 3.05) is 19.6 Å². The SMILES string of the molecule is CC(CN1CCCCC1)OC(=O)c1ccccc1Cl.[Cl-]. The minimum atomic E-state index is -0.338. The molecule has 1 aromatic rings. The summed E-state index contributed by atoms with van der Waals surface area (Å²) in [6, 6.07) is 6.99. The number of rotatable bonds is 4. The second-order valence-electron chi connectivity index (χ2n) is 5.06. The van der Waals surface area contributed by atoms with E-state index >= 15 is 0 Å². The number of piperidine rings is 1. The Morgan fingerprint density at radius 3 is 2.60 bits per heavy atom. The van der Waals surface area contributed by atoms with Crippen molar-refractivity contribution < 1.29 is 21.9 Å². The zero-order chi connectivity index (χ0) is 13.7. The first-order valence-electron chi connectivity index (χ1n) is 6.84. The molecule has 0 radical (unpaired) electrons. The van der Waals surface area contributed by atoms with Gasteiger partial charge in [0.05, 0.1) is 10.6 Å². The van der Waals surface area contributed by atoms with Gasteiger partial charge >= 0.3 is 5.97 Å². The minimum absolute atomic E-state index is 0. The van der Waals surface area contributed by atoms with Gasteiger partial charge in [-0.15, -0.1) is 0 Å². The average molecular weight is 317 g/mol. The van der Waals surface area contributed by atoms with Gasteiger partial charge in [0.25, 0.3) is 0 Å². The molecule has 1 saturated heterocycles. The Morgan fingerprint density at radius 1 is 1.30 bits per heavy atom. The maximum atomic E-state index is 12.0. The van der Waals surface area contributed by atoms with Crippen LogP contribution in [0.4, 0.5) is 0 Å². The molecule has 0 aliphatic carbocycles. The average Bonchev–Trinajstić information content (AvgIpc) is 2.40. The monoisotopic (exact) mass is 316 g/mol. The molecule has 0 amide bonds. The van der Waals surface area contributed by atoms with Crippen LogP contribution >= 0.6 is 11.6 Å². The zero-order valence-electron chi connectivity index (χ0n) is 11.6. The van der Waals surface area contributed by atoms with Crippen LogP contribution in [0.15, 0.2) is 24.3 Å². The number of nitrogens with zero attached hydrogens (tertiary/aromatic N) is 1. The van der Waals surface area contributed by atoms with Crippen LogP contribution in [0, 0.1) is 0 Å². The molecule has 1 aromatic carbocycles. The van der Waals surface area contributed by atoms with Crippen molar-refractivity contribution >= 4 is 17.6 Å². The molecule has 0 aromatic heterocycles. The first-order chi connectivity index (χ1) is 9.16. The van der Waals surface area contributed by atoms with Gasteiger partial charge in [-0.1, -0.05) is 30.2 Å². The lowest BCUT2D eigenvalue weighted by Crippen LogP contribution is -3.00. The lowest BCUT2D eigenvalue weighted by molar-refractivity contribution is -0.0000437. The molecule has 0 bridgehead atoms. The van der Waals surface area contributed by atoms with Gasteiger partial charge in [-0.3, -0.25) is 4.90 Å². The molecule has 1 aliphatic rings. The summed E-state index contributed by atoms with van der Waals surface area (Å²) < 4.78 is 5.45. The Labute approximate surface area is 131 Å². The fraction of sp³-hybridized carbons (Fsp3) is 0.533. The highest BCUT2D eigenvalue weighted by molar-refractivity contribution is 6.33. The summed E-state index contributed by atoms with van der Waals surface area (Å²) in [6.07, 6.45) is 3.68. The van der Waals surface area contributed by atoms with E-state index in [9.17, 15) is 4.79 Å². The molecular weight excluding hydrogens is 297 g/mol. The van der Waals surface area contributed by atoms with Crippen LogP contribution in [-0.4, -0.2) is 36.6 Å². The summed E-state index contributed by atoms with van der Waals surface area (Å²) in [4.78, 5) is 14.3. The molecule has 0 N–H and O–H groups in total. The molecule has 1 unspecified atom stereocenters. The molecule has 20 heavy (non-hydrogen) atoms. The topological polar surface area (TPSA) is 29.5 Å². The Hall–Kier alpha value is -0.770. The first-order valence-corrected chi connectivity index (χ1v) is 7.22. The number of carbonyl (C=O) groups is 1. The fourth-order valence-corrected chi connectivity index (χ4v) is 2.63. The summed E-state index contributed by atoms with van der Waals surface area (Å²) in [5.74, 6) is -0.338. The molecule has 0 saturated carbocycles. The van der Waals surface area contributed by atoms with E-state index in [1.807, 2.05) is 6.92 Å². The van der Waals surface area contributed by atoms with Crippen LogP contribution < -0.4 is 12.4 Å². The van der Waals surface area contributed by atoms with E-state index in [0.717, 1.165) is 19.6 Å². The van der Waals surface area contributed by atoms with E-state index in [1.54, 1.807) is 24.3 Å². The van der Waals surface area contributed by atoms with Crippen molar-refractivity contribution in [3.63, 3.8) is 0 Å². The minimum Gasteiger partial charge on any atom is -1.00 e. The summed E-state index contributed by atoms with van der Waals surface area (Å²) in [6.45, 7) is 4.95. The van der Waals surface area contributed by atoms with Gasteiger partial charge in [0, 0.05) is 6.54 Å². The van der Waals surface area contributed by atoms with Crippen molar-refractivity contribution in [2.24, 2.45) is 0 Å². The molecule has 2 rings (SSSR count). The third-order valence-electron chi connectivity index (χ3n) is 3.37. The van der Waals surface area contributed by atoms with Crippen LogP contribution in [-0.2, 0) is 4.74 Å². The van der Waals surface area contributed by atoms with E-state index in [-0.39, 0.29) is 24.5 Å². The lowest BCUT2D eigenvalue weighted by Gasteiger charge is -2.28. The van der Waals surface area contributed by atoms with E-state index < -0.39 is 0 Å². The number of benzene rings is 1. The fourth-order valence-electron chi connectivity index (χ4n) is 2.42. The molecular formula is C15H20Cl2NO2-. The van der Waals surface area contributed by atoms with Gasteiger partial charge < -0.3 is 17.1 Å². The first kappa shape index (κ1) is 17.3. The standard InChI is InChI=1S/C15H20ClNO2.ClH/c1-12(11-17-9-5-2-6-10-17)19-15(18)13-7-3-4-8-14(13)16;/h3-4,7-8,12H,2,5-6,9-11H2,1H3;1H/p-1. The molecule has 5 heteroatoms. The summed E-state index contributed by atoms with van der Waals surface area (Å²) >= 11 is 5.98. The number of likely N-dealkylation sites (tertiary alicyclic amines) is 1. The van der Waals surface area contributed by atoms with Crippen molar-refractivity contribution in [3.05, 3.63) is 34.9 Å². The van der Waals surface area contributed by atoms with Gasteiger partial charge in [0.15, 0.2) is 0 Å². The Balaban J connectivity index is 0.00000200. The predicted molar refractivity (Wildman–Crippen MR) is 76.6 cm³/mol. The second kappa shape index (κ2) is 8.50. The van der Waals surface area contributed by atoms with Gasteiger partial charge in [-0.05, 0) is 45.0 Å². The van der Waals surface area contributed by atoms with Crippen molar-refractivity contribution in [2.45, 2.75) is 32.3 Å². The van der Waals surface area contributed by atoms with E-state index in [1.165, 1.54) is 19.3 Å². The van der Waals surface area contributed by atoms with E-state index in [2.05, 4.69) is 4.90 Å². The van der Waals surface area contributed by atoms with Crippen LogP contribution in [0.1, 0.15) is 36.5 Å². The lowest BCUT2D eigenvalue weighted by atomic mass is 10.1. The van der Waals surface area contributed by atoms with E-state index in [0.29, 0.717) is 10.6 Å². The summed E-state index contributed by atoms with van der Waals surface area (Å²) in [7, 11) is 0. The highest BCUT2D eigenvalue weighted by atomic mass is 35.5. The number of halogens is 2. The number of hydrogen-bond acceptors (Lipinski definition) is 3. The number of hydrogen-bond donors (Lipinski definition) is 0. The summed E-state index contributed by atoms with van der Waals surface area (Å²) in [5.41, 5.74) is 0.440. The van der Waals surface area contributed by atoms with Crippen molar-refractivity contribution in [1.29, 1.82) is 0 Å². The van der Waals surface area contributed by atoms with Crippen molar-refractivity contribution in [3.8, 4) is 0 Å². The van der Waals surface area contributed by atoms with Crippen LogP contribution in [0.5, 0.6) is 0 Å². The number of ether oxygens (including phenoxy) is 1. The Bertz CT molecular complexity index is 434. The third-order valence-corrected chi connectivity index (χ3v) is 3.70. The van der Waals surface area contributed by atoms with Gasteiger partial charge in [0.1, 0.15) is 6.10 Å². The van der Waals surface area contributed by atoms with Gasteiger partial charge in [0.2, 0.25) is 0 Å². The molecule has 3 nitrogen and oxygen atoms in total. The predicted octanol–water partition coefficient (Wildman–Crippen LogP) is 0.375. The second-order valence-corrected chi connectivity index (χ2v) is 5.46. The maximum Gasteiger partial charge on any atom is 0.339 e. The molecule has 1 atom stereocenters. The normalized spacial score (nSPS) is 17.1. The molecule has 1 aliphatic heterocycles. The highest BCUT2D eigenvalue weighted by Gasteiger charge is 2.18. The van der Waals surface area contributed by atoms with Gasteiger partial charge in [-0.2, -0.15) is 0 Å². The van der Waals surface area contributed by atoms with Crippen LogP contribution in [0.2, 0.25) is 5.02 Å². The van der Waals surface area contributed by atoms with Gasteiger partial charge in [-0.25, -0.2) is 4.79 Å². The molecule has 0 spiro atoms.